The third-order valence-corrected chi connectivity index (χ3v) is 4.47. The van der Waals surface area contributed by atoms with E-state index < -0.39 is 0 Å². The minimum Gasteiger partial charge on any atom is -0.441 e. The van der Waals surface area contributed by atoms with Crippen molar-refractivity contribution in [3.05, 3.63) is 28.3 Å². The SMILES string of the molecule is Cc1oc(-c2ccsc2)nc1CC(=O)N1CCCC(N)C1.Cl.Cl. The van der Waals surface area contributed by atoms with Crippen LogP contribution in [-0.2, 0) is 11.2 Å². The zero-order chi connectivity index (χ0) is 14.8. The molecule has 23 heavy (non-hydrogen) atoms. The molecule has 0 aliphatic carbocycles. The molecule has 5 nitrogen and oxygen atoms in total. The van der Waals surface area contributed by atoms with Crippen molar-refractivity contribution in [1.29, 1.82) is 0 Å². The van der Waals surface area contributed by atoms with Crippen LogP contribution < -0.4 is 5.73 Å². The number of nitrogens with zero attached hydrogens (tertiary/aromatic N) is 2. The quantitative estimate of drug-likeness (QED) is 0.891. The van der Waals surface area contributed by atoms with Gasteiger partial charge in [0.15, 0.2) is 0 Å². The molecular weight excluding hydrogens is 357 g/mol. The van der Waals surface area contributed by atoms with Crippen molar-refractivity contribution in [1.82, 2.24) is 9.88 Å². The first-order valence-corrected chi connectivity index (χ1v) is 8.10. The number of carbonyl (C=O) groups excluding carboxylic acids is 1. The average molecular weight is 378 g/mol. The molecule has 8 heteroatoms. The maximum atomic E-state index is 12.4. The summed E-state index contributed by atoms with van der Waals surface area (Å²) in [5.74, 6) is 1.39. The van der Waals surface area contributed by atoms with Gasteiger partial charge in [0.2, 0.25) is 11.8 Å². The Hall–Kier alpha value is -1.08. The van der Waals surface area contributed by atoms with E-state index in [1.54, 1.807) is 11.3 Å². The van der Waals surface area contributed by atoms with Crippen molar-refractivity contribution in [3.63, 3.8) is 0 Å². The van der Waals surface area contributed by atoms with Gasteiger partial charge in [-0.25, -0.2) is 4.98 Å². The van der Waals surface area contributed by atoms with Crippen LogP contribution in [0.25, 0.3) is 11.5 Å². The molecule has 3 rings (SSSR count). The molecule has 1 aliphatic heterocycles. The van der Waals surface area contributed by atoms with Gasteiger partial charge >= 0.3 is 0 Å². The van der Waals surface area contributed by atoms with Gasteiger partial charge in [-0.15, -0.1) is 24.8 Å². The molecule has 1 amide bonds. The number of carbonyl (C=O) groups is 1. The number of hydrogen-bond donors (Lipinski definition) is 1. The zero-order valence-corrected chi connectivity index (χ0v) is 15.3. The molecule has 2 N–H and O–H groups in total. The van der Waals surface area contributed by atoms with E-state index in [4.69, 9.17) is 10.2 Å². The van der Waals surface area contributed by atoms with Crippen LogP contribution in [0.4, 0.5) is 0 Å². The normalized spacial score (nSPS) is 17.3. The molecule has 1 saturated heterocycles. The van der Waals surface area contributed by atoms with Crippen LogP contribution in [0.15, 0.2) is 21.2 Å². The number of nitrogens with two attached hydrogens (primary N) is 1. The Kier molecular flexibility index (Phi) is 7.54. The van der Waals surface area contributed by atoms with E-state index in [1.165, 1.54) is 0 Å². The highest BCUT2D eigenvalue weighted by Gasteiger charge is 2.23. The van der Waals surface area contributed by atoms with Gasteiger partial charge in [0.25, 0.3) is 0 Å². The summed E-state index contributed by atoms with van der Waals surface area (Å²) in [7, 11) is 0. The number of thiophene rings is 1. The Labute approximate surface area is 152 Å². The fraction of sp³-hybridized carbons (Fsp3) is 0.467. The molecular formula is C15H21Cl2N3O2S. The van der Waals surface area contributed by atoms with Crippen molar-refractivity contribution >= 4 is 42.1 Å². The number of rotatable bonds is 3. The number of likely N-dealkylation sites (tertiary alicyclic amines) is 1. The molecule has 3 heterocycles. The Morgan fingerprint density at radius 1 is 1.52 bits per heavy atom. The Bertz CT molecular complexity index is 631. The molecule has 1 atom stereocenters. The van der Waals surface area contributed by atoms with E-state index in [1.807, 2.05) is 28.7 Å². The van der Waals surface area contributed by atoms with Gasteiger partial charge in [-0.05, 0) is 31.2 Å². The first-order valence-electron chi connectivity index (χ1n) is 7.15. The van der Waals surface area contributed by atoms with Crippen LogP contribution in [0.3, 0.4) is 0 Å². The maximum absolute atomic E-state index is 12.4. The van der Waals surface area contributed by atoms with E-state index in [-0.39, 0.29) is 43.2 Å². The second-order valence-electron chi connectivity index (χ2n) is 5.45. The first kappa shape index (κ1) is 20.0. The van der Waals surface area contributed by atoms with Gasteiger partial charge in [-0.2, -0.15) is 11.3 Å². The number of aryl methyl sites for hydroxylation is 1. The van der Waals surface area contributed by atoms with E-state index in [9.17, 15) is 4.79 Å². The van der Waals surface area contributed by atoms with Crippen LogP contribution in [0, 0.1) is 6.92 Å². The van der Waals surface area contributed by atoms with E-state index in [0.29, 0.717) is 18.2 Å². The topological polar surface area (TPSA) is 72.4 Å². The van der Waals surface area contributed by atoms with E-state index in [2.05, 4.69) is 4.98 Å². The predicted molar refractivity (Wildman–Crippen MR) is 96.5 cm³/mol. The molecule has 1 aliphatic rings. The maximum Gasteiger partial charge on any atom is 0.228 e. The van der Waals surface area contributed by atoms with E-state index in [0.717, 1.165) is 30.6 Å². The zero-order valence-electron chi connectivity index (χ0n) is 12.9. The third kappa shape index (κ3) is 4.70. The molecule has 0 bridgehead atoms. The highest BCUT2D eigenvalue weighted by atomic mass is 35.5. The highest BCUT2D eigenvalue weighted by Crippen LogP contribution is 2.24. The van der Waals surface area contributed by atoms with E-state index >= 15 is 0 Å². The standard InChI is InChI=1S/C15H19N3O2S.2ClH/c1-10-13(17-15(20-10)11-4-6-21-9-11)7-14(19)18-5-2-3-12(16)8-18;;/h4,6,9,12H,2-3,5,7-8,16H2,1H3;2*1H. The van der Waals surface area contributed by atoms with Gasteiger partial charge in [-0.3, -0.25) is 4.79 Å². The summed E-state index contributed by atoms with van der Waals surface area (Å²) in [5.41, 5.74) is 7.61. The lowest BCUT2D eigenvalue weighted by Crippen LogP contribution is -2.46. The fourth-order valence-corrected chi connectivity index (χ4v) is 3.22. The molecule has 0 spiro atoms. The number of hydrogen-bond acceptors (Lipinski definition) is 5. The highest BCUT2D eigenvalue weighted by molar-refractivity contribution is 7.08. The summed E-state index contributed by atoms with van der Waals surface area (Å²) in [4.78, 5) is 18.7. The lowest BCUT2D eigenvalue weighted by atomic mass is 10.1. The van der Waals surface area contributed by atoms with Crippen LogP contribution >= 0.6 is 36.2 Å². The lowest BCUT2D eigenvalue weighted by Gasteiger charge is -2.30. The van der Waals surface area contributed by atoms with Crippen molar-refractivity contribution in [3.8, 4) is 11.5 Å². The van der Waals surface area contributed by atoms with Crippen molar-refractivity contribution in [2.75, 3.05) is 13.1 Å². The molecule has 2 aromatic heterocycles. The molecule has 0 radical (unpaired) electrons. The number of oxazole rings is 1. The molecule has 2 aromatic rings. The molecule has 1 unspecified atom stereocenters. The van der Waals surface area contributed by atoms with Crippen molar-refractivity contribution in [2.45, 2.75) is 32.2 Å². The van der Waals surface area contributed by atoms with Gasteiger partial charge < -0.3 is 15.1 Å². The number of halogens is 2. The molecule has 128 valence electrons. The Morgan fingerprint density at radius 3 is 2.96 bits per heavy atom. The summed E-state index contributed by atoms with van der Waals surface area (Å²) in [5, 5.41) is 3.97. The summed E-state index contributed by atoms with van der Waals surface area (Å²) >= 11 is 1.60. The Morgan fingerprint density at radius 2 is 2.30 bits per heavy atom. The largest absolute Gasteiger partial charge is 0.441 e. The van der Waals surface area contributed by atoms with Crippen LogP contribution in [0.1, 0.15) is 24.3 Å². The number of amides is 1. The number of piperidine rings is 1. The van der Waals surface area contributed by atoms with Gasteiger partial charge in [0, 0.05) is 30.1 Å². The first-order chi connectivity index (χ1) is 10.1. The smallest absolute Gasteiger partial charge is 0.228 e. The van der Waals surface area contributed by atoms with Gasteiger partial charge in [-0.1, -0.05) is 0 Å². The summed E-state index contributed by atoms with van der Waals surface area (Å²) in [6, 6.07) is 2.06. The second kappa shape index (κ2) is 8.68. The number of aromatic nitrogens is 1. The average Bonchev–Trinajstić information content (AvgIpc) is 3.09. The molecule has 0 aromatic carbocycles. The molecule has 1 fully saturated rings. The third-order valence-electron chi connectivity index (χ3n) is 3.79. The minimum absolute atomic E-state index is 0. The summed E-state index contributed by atoms with van der Waals surface area (Å²) < 4.78 is 5.67. The summed E-state index contributed by atoms with van der Waals surface area (Å²) in [6.07, 6.45) is 2.26. The van der Waals surface area contributed by atoms with Crippen molar-refractivity contribution < 1.29 is 9.21 Å². The van der Waals surface area contributed by atoms with Crippen molar-refractivity contribution in [2.24, 2.45) is 5.73 Å². The fourth-order valence-electron chi connectivity index (χ4n) is 2.59. The Balaban J connectivity index is 0.00000132. The predicted octanol–water partition coefficient (Wildman–Crippen LogP) is 3.05. The van der Waals surface area contributed by atoms with Crippen LogP contribution in [0.5, 0.6) is 0 Å². The van der Waals surface area contributed by atoms with Gasteiger partial charge in [0.1, 0.15) is 5.76 Å². The van der Waals surface area contributed by atoms with Gasteiger partial charge in [0.05, 0.1) is 12.1 Å². The lowest BCUT2D eigenvalue weighted by molar-refractivity contribution is -0.131. The van der Waals surface area contributed by atoms with Crippen LogP contribution in [-0.4, -0.2) is 34.9 Å². The summed E-state index contributed by atoms with van der Waals surface area (Å²) in [6.45, 7) is 3.29. The minimum atomic E-state index is 0. The monoisotopic (exact) mass is 377 g/mol. The second-order valence-corrected chi connectivity index (χ2v) is 6.23. The van der Waals surface area contributed by atoms with Crippen LogP contribution in [0.2, 0.25) is 0 Å². The molecule has 0 saturated carbocycles.